The first-order chi connectivity index (χ1) is 2.41. The van der Waals surface area contributed by atoms with E-state index in [9.17, 15) is 0 Å². The van der Waals surface area contributed by atoms with Gasteiger partial charge in [0.2, 0.25) is 0 Å². The minimum Gasteiger partial charge on any atom is -0.344 e. The van der Waals surface area contributed by atoms with Crippen LogP contribution in [0.3, 0.4) is 0 Å². The summed E-state index contributed by atoms with van der Waals surface area (Å²) in [6.45, 7) is 4.25. The van der Waals surface area contributed by atoms with Gasteiger partial charge in [-0.2, -0.15) is 0 Å². The molecular weight excluding hydrogens is 97.0 g/mol. The van der Waals surface area contributed by atoms with Crippen LogP contribution in [0.1, 0.15) is 20.3 Å². The van der Waals surface area contributed by atoms with E-state index in [0.29, 0.717) is 0 Å². The molecule has 2 nitrogen and oxygen atoms in total. The van der Waals surface area contributed by atoms with E-state index < -0.39 is 0 Å². The largest absolute Gasteiger partial charge is 0.344 e. The van der Waals surface area contributed by atoms with Crippen LogP contribution in [0.25, 0.3) is 0 Å². The molecule has 0 spiro atoms. The Kier molecular flexibility index (Phi) is 205. The Balaban J connectivity index is -0.0000000275. The van der Waals surface area contributed by atoms with Gasteiger partial charge in [-0.3, -0.25) is 4.57 Å². The lowest BCUT2D eigenvalue weighted by atomic mass is 10.6. The summed E-state index contributed by atoms with van der Waals surface area (Å²) in [4.78, 5) is 0. The zero-order valence-corrected chi connectivity index (χ0v) is 5.32. The molecule has 0 atom stereocenters. The average molecular weight is 109 g/mol. The first-order valence-corrected chi connectivity index (χ1v) is 2.03. The predicted octanol–water partition coefficient (Wildman–Crippen LogP) is 2.05. The van der Waals surface area contributed by atoms with Gasteiger partial charge in [-0.15, -0.1) is 0 Å². The molecule has 0 radical (unpaired) electrons. The molecule has 0 aliphatic rings. The molecule has 3 heteroatoms. The van der Waals surface area contributed by atoms with Crippen molar-refractivity contribution < 1.29 is 4.57 Å². The fourth-order valence-electron chi connectivity index (χ4n) is 0. The minimum atomic E-state index is 0. The van der Waals surface area contributed by atoms with E-state index in [4.69, 9.17) is 4.57 Å². The molecule has 40 valence electrons. The maximum atomic E-state index is 8.06. The molecule has 0 unspecified atom stereocenters. The predicted molar refractivity (Wildman–Crippen MR) is 30.0 cm³/mol. The van der Waals surface area contributed by atoms with Gasteiger partial charge in [0.25, 0.3) is 0 Å². The smallest absolute Gasteiger partial charge is 0.138 e. The Hall–Kier alpha value is 0.0600. The maximum Gasteiger partial charge on any atom is 0.138 e. The van der Waals surface area contributed by atoms with Crippen molar-refractivity contribution in [2.45, 2.75) is 20.3 Å². The number of hydrogen-bond donors (Lipinski definition) is 1. The summed E-state index contributed by atoms with van der Waals surface area (Å²) in [5, 5.41) is 0. The third-order valence-corrected chi connectivity index (χ3v) is 0. The van der Waals surface area contributed by atoms with Gasteiger partial charge in [-0.05, 0) is 0 Å². The highest BCUT2D eigenvalue weighted by Crippen LogP contribution is 1.56. The van der Waals surface area contributed by atoms with Crippen LogP contribution in [0.15, 0.2) is 0 Å². The van der Waals surface area contributed by atoms with Crippen LogP contribution in [0.4, 0.5) is 0 Å². The second-order valence-electron chi connectivity index (χ2n) is 0.707. The summed E-state index contributed by atoms with van der Waals surface area (Å²) in [6.07, 6.45) is 1.25. The van der Waals surface area contributed by atoms with Gasteiger partial charge in [-0.1, -0.05) is 20.3 Å². The molecule has 0 saturated carbocycles. The maximum absolute atomic E-state index is 8.06. The van der Waals surface area contributed by atoms with Crippen LogP contribution >= 0.6 is 9.12 Å². The Morgan fingerprint density at radius 3 is 1.33 bits per heavy atom. The standard InChI is InChI=1S/C3H8.H3N.HOP/c1-3-2;;1-2/h3H2,1-2H3;1H3;2H. The van der Waals surface area contributed by atoms with Crippen LogP contribution in [-0.2, 0) is 4.57 Å². The topological polar surface area (TPSA) is 52.1 Å². The van der Waals surface area contributed by atoms with E-state index in [1.165, 1.54) is 6.42 Å². The van der Waals surface area contributed by atoms with Gasteiger partial charge in [0.15, 0.2) is 0 Å². The summed E-state index contributed by atoms with van der Waals surface area (Å²) >= 11 is 0. The zero-order chi connectivity index (χ0) is 4.71. The Labute approximate surface area is 41.1 Å². The molecule has 0 aliphatic heterocycles. The first kappa shape index (κ1) is 16.6. The molecule has 0 aromatic carbocycles. The average Bonchev–Trinajstić information content (AvgIpc) is 1.46. The van der Waals surface area contributed by atoms with Crippen LogP contribution in [0, 0.1) is 0 Å². The van der Waals surface area contributed by atoms with Crippen molar-refractivity contribution in [2.75, 3.05) is 0 Å². The Bertz CT molecular complexity index is 14.8. The van der Waals surface area contributed by atoms with Gasteiger partial charge in [0, 0.05) is 0 Å². The van der Waals surface area contributed by atoms with Gasteiger partial charge in [0.05, 0.1) is 0 Å². The monoisotopic (exact) mass is 109 g/mol. The van der Waals surface area contributed by atoms with Gasteiger partial charge in [-0.25, -0.2) is 0 Å². The molecule has 3 N–H and O–H groups in total. The first-order valence-electron chi connectivity index (χ1n) is 1.62. The SMILES string of the molecule is CCC.N.O=P. The van der Waals surface area contributed by atoms with E-state index in [2.05, 4.69) is 13.8 Å². The molecule has 0 rings (SSSR count). The molecule has 6 heavy (non-hydrogen) atoms. The molecular formula is C3H12NOP. The van der Waals surface area contributed by atoms with Crippen LogP contribution in [-0.4, -0.2) is 0 Å². The Morgan fingerprint density at radius 1 is 1.33 bits per heavy atom. The second kappa shape index (κ2) is 74.2. The zero-order valence-electron chi connectivity index (χ0n) is 4.32. The summed E-state index contributed by atoms with van der Waals surface area (Å²) < 4.78 is 8.06. The van der Waals surface area contributed by atoms with Crippen molar-refractivity contribution in [1.82, 2.24) is 6.15 Å². The molecule has 0 amide bonds. The molecule has 0 heterocycles. The van der Waals surface area contributed by atoms with Gasteiger partial charge < -0.3 is 6.15 Å². The van der Waals surface area contributed by atoms with E-state index in [-0.39, 0.29) is 6.15 Å². The number of rotatable bonds is 0. The molecule has 0 fully saturated rings. The molecule has 0 aromatic heterocycles. The van der Waals surface area contributed by atoms with Crippen LogP contribution in [0.5, 0.6) is 0 Å². The van der Waals surface area contributed by atoms with Crippen LogP contribution < -0.4 is 6.15 Å². The van der Waals surface area contributed by atoms with Gasteiger partial charge in [0.1, 0.15) is 9.12 Å². The molecule has 0 aliphatic carbocycles. The molecule has 0 bridgehead atoms. The second-order valence-corrected chi connectivity index (χ2v) is 0.707. The third kappa shape index (κ3) is 10600. The van der Waals surface area contributed by atoms with E-state index in [1.807, 2.05) is 0 Å². The van der Waals surface area contributed by atoms with Crippen molar-refractivity contribution in [3.63, 3.8) is 0 Å². The highest BCUT2D eigenvalue weighted by molar-refractivity contribution is 7.00. The van der Waals surface area contributed by atoms with Crippen molar-refractivity contribution in [3.8, 4) is 0 Å². The van der Waals surface area contributed by atoms with Crippen LogP contribution in [0.2, 0.25) is 0 Å². The van der Waals surface area contributed by atoms with E-state index in [0.717, 1.165) is 0 Å². The minimum absolute atomic E-state index is 0. The van der Waals surface area contributed by atoms with Crippen molar-refractivity contribution in [1.29, 1.82) is 0 Å². The summed E-state index contributed by atoms with van der Waals surface area (Å²) in [5.74, 6) is 0. The quantitative estimate of drug-likeness (QED) is 0.484. The summed E-state index contributed by atoms with van der Waals surface area (Å²) in [7, 11) is 1.72. The lowest BCUT2D eigenvalue weighted by Crippen LogP contribution is -1.27. The highest BCUT2D eigenvalue weighted by atomic mass is 31.0. The number of hydrogen-bond acceptors (Lipinski definition) is 2. The summed E-state index contributed by atoms with van der Waals surface area (Å²) in [5.41, 5.74) is 0. The fraction of sp³-hybridized carbons (Fsp3) is 1.00. The van der Waals surface area contributed by atoms with Crippen molar-refractivity contribution in [3.05, 3.63) is 0 Å². The van der Waals surface area contributed by atoms with E-state index >= 15 is 0 Å². The third-order valence-electron chi connectivity index (χ3n) is 0. The summed E-state index contributed by atoms with van der Waals surface area (Å²) in [6, 6.07) is 0. The van der Waals surface area contributed by atoms with Crippen molar-refractivity contribution in [2.24, 2.45) is 0 Å². The Morgan fingerprint density at radius 2 is 1.33 bits per heavy atom. The molecule has 0 saturated heterocycles. The lowest BCUT2D eigenvalue weighted by Gasteiger charge is -1.48. The highest BCUT2D eigenvalue weighted by Gasteiger charge is 1.35. The van der Waals surface area contributed by atoms with E-state index in [1.54, 1.807) is 9.12 Å². The normalized spacial score (nSPS) is 3.67. The van der Waals surface area contributed by atoms with Gasteiger partial charge >= 0.3 is 0 Å². The van der Waals surface area contributed by atoms with Crippen molar-refractivity contribution >= 4 is 9.12 Å². The lowest BCUT2D eigenvalue weighted by molar-refractivity contribution is 0.607. The molecule has 0 aromatic rings. The fourth-order valence-corrected chi connectivity index (χ4v) is 0.